The van der Waals surface area contributed by atoms with Crippen LogP contribution in [0.1, 0.15) is 393 Å². The molecule has 0 spiro atoms. The largest absolute Gasteiger partial charge is 0.462 e. The van der Waals surface area contributed by atoms with E-state index >= 15 is 0 Å². The van der Waals surface area contributed by atoms with E-state index in [1.165, 1.54) is 263 Å². The van der Waals surface area contributed by atoms with Crippen molar-refractivity contribution in [1.82, 2.24) is 0 Å². The van der Waals surface area contributed by atoms with Crippen LogP contribution in [0.5, 0.6) is 0 Å². The Morgan fingerprint density at radius 3 is 0.691 bits per heavy atom. The Labute approximate surface area is 505 Å². The normalized spacial score (nSPS) is 12.3. The zero-order chi connectivity index (χ0) is 58.5. The molecule has 0 saturated heterocycles. The molecule has 0 N–H and O–H groups in total. The van der Waals surface area contributed by atoms with Gasteiger partial charge in [0, 0.05) is 19.3 Å². The number of unbranched alkanes of at least 4 members (excludes halogenated alkanes) is 48. The summed E-state index contributed by atoms with van der Waals surface area (Å²) in [5, 5.41) is 0. The maximum Gasteiger partial charge on any atom is 0.306 e. The van der Waals surface area contributed by atoms with Crippen LogP contribution in [-0.4, -0.2) is 37.2 Å². The second-order valence-electron chi connectivity index (χ2n) is 24.5. The van der Waals surface area contributed by atoms with Gasteiger partial charge in [-0.1, -0.05) is 339 Å². The van der Waals surface area contributed by atoms with Crippen LogP contribution in [0.25, 0.3) is 0 Å². The number of carbonyl (C=O) groups excluding carboxylic acids is 3. The summed E-state index contributed by atoms with van der Waals surface area (Å²) in [5.74, 6) is -0.862. The highest BCUT2D eigenvalue weighted by Gasteiger charge is 2.19. The molecule has 0 aromatic rings. The van der Waals surface area contributed by atoms with Crippen molar-refractivity contribution >= 4 is 17.9 Å². The van der Waals surface area contributed by atoms with Gasteiger partial charge in [-0.3, -0.25) is 14.4 Å². The van der Waals surface area contributed by atoms with E-state index in [4.69, 9.17) is 14.2 Å². The molecular weight excluding hydrogens is 997 g/mol. The highest BCUT2D eigenvalue weighted by Crippen LogP contribution is 2.18. The van der Waals surface area contributed by atoms with E-state index in [2.05, 4.69) is 69.4 Å². The first-order valence-corrected chi connectivity index (χ1v) is 36.1. The maximum absolute atomic E-state index is 12.9. The summed E-state index contributed by atoms with van der Waals surface area (Å²) in [6.07, 6.45) is 88.8. The average Bonchev–Trinajstić information content (AvgIpc) is 3.47. The molecule has 0 aromatic heterocycles. The minimum Gasteiger partial charge on any atom is -0.462 e. The van der Waals surface area contributed by atoms with Gasteiger partial charge in [0.25, 0.3) is 0 Å². The summed E-state index contributed by atoms with van der Waals surface area (Å²) in [6, 6.07) is 0. The highest BCUT2D eigenvalue weighted by molar-refractivity contribution is 5.71. The average molecular weight is 1140 g/mol. The molecule has 0 radical (unpaired) electrons. The van der Waals surface area contributed by atoms with Gasteiger partial charge in [-0.25, -0.2) is 0 Å². The van der Waals surface area contributed by atoms with Crippen LogP contribution >= 0.6 is 0 Å². The second kappa shape index (κ2) is 69.9. The molecule has 81 heavy (non-hydrogen) atoms. The third kappa shape index (κ3) is 68.0. The number of hydrogen-bond acceptors (Lipinski definition) is 6. The molecule has 0 bridgehead atoms. The van der Waals surface area contributed by atoms with E-state index in [1.807, 2.05) is 0 Å². The molecule has 0 rings (SSSR count). The Morgan fingerprint density at radius 1 is 0.247 bits per heavy atom. The molecule has 0 aliphatic carbocycles. The quantitative estimate of drug-likeness (QED) is 0.0261. The highest BCUT2D eigenvalue weighted by atomic mass is 16.6. The van der Waals surface area contributed by atoms with Crippen molar-refractivity contribution in [2.75, 3.05) is 13.2 Å². The van der Waals surface area contributed by atoms with Gasteiger partial charge in [0.1, 0.15) is 13.2 Å². The third-order valence-electron chi connectivity index (χ3n) is 16.3. The Kier molecular flexibility index (Phi) is 67.6. The molecule has 0 aliphatic rings. The Morgan fingerprint density at radius 2 is 0.444 bits per heavy atom. The van der Waals surface area contributed by atoms with Crippen molar-refractivity contribution in [3.8, 4) is 0 Å². The summed E-state index contributed by atoms with van der Waals surface area (Å²) >= 11 is 0. The molecule has 1 unspecified atom stereocenters. The molecule has 0 heterocycles. The molecular formula is C75H138O6. The minimum atomic E-state index is -0.777. The van der Waals surface area contributed by atoms with E-state index in [1.54, 1.807) is 0 Å². The minimum absolute atomic E-state index is 0.0731. The van der Waals surface area contributed by atoms with E-state index in [-0.39, 0.29) is 31.1 Å². The van der Waals surface area contributed by atoms with Crippen LogP contribution in [0.2, 0.25) is 0 Å². The fraction of sp³-hybridized carbons (Fsp3) is 0.853. The lowest BCUT2D eigenvalue weighted by Crippen LogP contribution is -2.30. The molecule has 6 nitrogen and oxygen atoms in total. The molecule has 6 heteroatoms. The number of carbonyl (C=O) groups is 3. The van der Waals surface area contributed by atoms with E-state index < -0.39 is 6.10 Å². The molecule has 0 aromatic carbocycles. The smallest absolute Gasteiger partial charge is 0.306 e. The number of allylic oxidation sites excluding steroid dienone is 8. The zero-order valence-electron chi connectivity index (χ0n) is 54.6. The molecule has 474 valence electrons. The Bertz CT molecular complexity index is 1400. The topological polar surface area (TPSA) is 78.9 Å². The number of hydrogen-bond donors (Lipinski definition) is 0. The third-order valence-corrected chi connectivity index (χ3v) is 16.3. The van der Waals surface area contributed by atoms with Gasteiger partial charge in [-0.15, -0.1) is 0 Å². The van der Waals surface area contributed by atoms with Crippen molar-refractivity contribution in [2.24, 2.45) is 0 Å². The lowest BCUT2D eigenvalue weighted by molar-refractivity contribution is -0.167. The molecule has 1 atom stereocenters. The molecule has 0 aliphatic heterocycles. The van der Waals surface area contributed by atoms with E-state index in [9.17, 15) is 14.4 Å². The van der Waals surface area contributed by atoms with Gasteiger partial charge < -0.3 is 14.2 Å². The fourth-order valence-electron chi connectivity index (χ4n) is 10.9. The second-order valence-corrected chi connectivity index (χ2v) is 24.5. The summed E-state index contributed by atoms with van der Waals surface area (Å²) in [6.45, 7) is 6.66. The van der Waals surface area contributed by atoms with Crippen molar-refractivity contribution < 1.29 is 28.6 Å². The summed E-state index contributed by atoms with van der Waals surface area (Å²) in [7, 11) is 0. The molecule has 0 fully saturated rings. The van der Waals surface area contributed by atoms with Gasteiger partial charge in [-0.2, -0.15) is 0 Å². The monoisotopic (exact) mass is 1140 g/mol. The van der Waals surface area contributed by atoms with Gasteiger partial charge in [0.2, 0.25) is 0 Å². The first kappa shape index (κ1) is 78.4. The van der Waals surface area contributed by atoms with Gasteiger partial charge in [-0.05, 0) is 83.5 Å². The van der Waals surface area contributed by atoms with Crippen LogP contribution in [-0.2, 0) is 28.6 Å². The van der Waals surface area contributed by atoms with Crippen LogP contribution < -0.4 is 0 Å². The lowest BCUT2D eigenvalue weighted by Gasteiger charge is -2.18. The van der Waals surface area contributed by atoms with Gasteiger partial charge in [0.05, 0.1) is 0 Å². The Balaban J connectivity index is 4.06. The number of esters is 3. The first-order valence-electron chi connectivity index (χ1n) is 36.1. The van der Waals surface area contributed by atoms with Crippen molar-refractivity contribution in [3.05, 3.63) is 48.6 Å². The van der Waals surface area contributed by atoms with Gasteiger partial charge >= 0.3 is 17.9 Å². The van der Waals surface area contributed by atoms with Crippen LogP contribution in [0.4, 0.5) is 0 Å². The van der Waals surface area contributed by atoms with Crippen molar-refractivity contribution in [1.29, 1.82) is 0 Å². The summed E-state index contributed by atoms with van der Waals surface area (Å²) in [5.41, 5.74) is 0. The van der Waals surface area contributed by atoms with Crippen LogP contribution in [0, 0.1) is 0 Å². The standard InChI is InChI=1S/C75H138O6/c1-4-7-10-13-16-19-22-25-27-29-30-31-32-33-34-35-36-37-38-39-40-41-42-43-44-45-46-47-49-50-53-56-59-62-65-68-74(77)80-71-72(70-79-73(76)67-64-61-58-55-52-24-21-18-15-12-9-6-3)81-75(78)69-66-63-60-57-54-51-48-28-26-23-20-17-14-11-8-5-2/h20,22-23,25,28-30,48,72H,4-19,21,24,26-27,31-47,49-71H2,1-3H3/b23-20-,25-22-,30-29-,48-28-. The lowest BCUT2D eigenvalue weighted by atomic mass is 10.0. The Hall–Kier alpha value is -2.63. The summed E-state index contributed by atoms with van der Waals surface area (Å²) < 4.78 is 16.9. The zero-order valence-corrected chi connectivity index (χ0v) is 54.6. The van der Waals surface area contributed by atoms with Crippen LogP contribution in [0.15, 0.2) is 48.6 Å². The van der Waals surface area contributed by atoms with Crippen molar-refractivity contribution in [3.63, 3.8) is 0 Å². The van der Waals surface area contributed by atoms with E-state index in [0.717, 1.165) is 89.9 Å². The molecule has 0 amide bonds. The number of rotatable bonds is 67. The maximum atomic E-state index is 12.9. The first-order chi connectivity index (χ1) is 40.0. The molecule has 0 saturated carbocycles. The summed E-state index contributed by atoms with van der Waals surface area (Å²) in [4.78, 5) is 38.3. The predicted molar refractivity (Wildman–Crippen MR) is 353 cm³/mol. The fourth-order valence-corrected chi connectivity index (χ4v) is 10.9. The SMILES string of the molecule is CCCCCC/C=C\C/C=C\CCCCCCCC(=O)OC(COC(=O)CCCCCCCCCCCCCC)COC(=O)CCCCCCCCCCCCCCCCCCCCCCCCC/C=C\C/C=C\CCCCCCC. The van der Waals surface area contributed by atoms with Gasteiger partial charge in [0.15, 0.2) is 6.10 Å². The van der Waals surface area contributed by atoms with Crippen LogP contribution in [0.3, 0.4) is 0 Å². The number of ether oxygens (including phenoxy) is 3. The van der Waals surface area contributed by atoms with Crippen molar-refractivity contribution in [2.45, 2.75) is 399 Å². The van der Waals surface area contributed by atoms with E-state index in [0.29, 0.717) is 19.3 Å². The predicted octanol–water partition coefficient (Wildman–Crippen LogP) is 24.9.